The topological polar surface area (TPSA) is 61.8 Å². The Bertz CT molecular complexity index is 643. The van der Waals surface area contributed by atoms with Crippen LogP contribution in [0, 0.1) is 0 Å². The fourth-order valence-electron chi connectivity index (χ4n) is 2.59. The summed E-state index contributed by atoms with van der Waals surface area (Å²) in [6, 6.07) is 15.9. The summed E-state index contributed by atoms with van der Waals surface area (Å²) in [7, 11) is 1.60. The molecule has 2 aromatic carbocycles. The molecule has 0 unspecified atom stereocenters. The maximum atomic E-state index is 12.5. The van der Waals surface area contributed by atoms with Gasteiger partial charge >= 0.3 is 6.03 Å². The van der Waals surface area contributed by atoms with Crippen molar-refractivity contribution >= 4 is 11.7 Å². The number of aliphatic hydroxyl groups excluding tert-OH is 1. The molecule has 0 radical (unpaired) electrons. The zero-order valence-electron chi connectivity index (χ0n) is 14.3. The van der Waals surface area contributed by atoms with E-state index in [-0.39, 0.29) is 12.1 Å². The molecule has 0 aromatic heterocycles. The van der Waals surface area contributed by atoms with Gasteiger partial charge in [-0.1, -0.05) is 30.3 Å². The second kappa shape index (κ2) is 8.36. The highest BCUT2D eigenvalue weighted by molar-refractivity contribution is 5.89. The molecule has 2 amide bonds. The Morgan fingerprint density at radius 3 is 2.33 bits per heavy atom. The third-order valence-corrected chi connectivity index (χ3v) is 4.03. The zero-order valence-corrected chi connectivity index (χ0v) is 14.3. The van der Waals surface area contributed by atoms with Crippen LogP contribution in [0.3, 0.4) is 0 Å². The van der Waals surface area contributed by atoms with E-state index >= 15 is 0 Å². The minimum Gasteiger partial charge on any atom is -0.497 e. The molecule has 0 aliphatic carbocycles. The molecule has 2 aromatic rings. The van der Waals surface area contributed by atoms with Crippen molar-refractivity contribution in [2.45, 2.75) is 26.0 Å². The van der Waals surface area contributed by atoms with Gasteiger partial charge in [-0.15, -0.1) is 0 Å². The van der Waals surface area contributed by atoms with E-state index in [1.54, 1.807) is 36.3 Å². The van der Waals surface area contributed by atoms with E-state index in [1.165, 1.54) is 0 Å². The van der Waals surface area contributed by atoms with Gasteiger partial charge in [0.15, 0.2) is 0 Å². The zero-order chi connectivity index (χ0) is 17.5. The number of rotatable bonds is 6. The van der Waals surface area contributed by atoms with E-state index in [9.17, 15) is 9.90 Å². The van der Waals surface area contributed by atoms with Crippen LogP contribution in [0.5, 0.6) is 5.75 Å². The molecule has 2 atom stereocenters. The molecule has 24 heavy (non-hydrogen) atoms. The molecule has 0 saturated heterocycles. The van der Waals surface area contributed by atoms with Crippen LogP contribution in [0.25, 0.3) is 0 Å². The average Bonchev–Trinajstić information content (AvgIpc) is 2.63. The van der Waals surface area contributed by atoms with Crippen LogP contribution in [0.2, 0.25) is 0 Å². The Labute approximate surface area is 142 Å². The van der Waals surface area contributed by atoms with Gasteiger partial charge in [-0.05, 0) is 43.7 Å². The first kappa shape index (κ1) is 17.8. The van der Waals surface area contributed by atoms with E-state index < -0.39 is 6.10 Å². The Morgan fingerprint density at radius 1 is 1.17 bits per heavy atom. The highest BCUT2D eigenvalue weighted by atomic mass is 16.5. The molecule has 0 heterocycles. The van der Waals surface area contributed by atoms with Crippen molar-refractivity contribution < 1.29 is 14.6 Å². The van der Waals surface area contributed by atoms with Crippen molar-refractivity contribution in [3.05, 3.63) is 60.2 Å². The number of hydrogen-bond acceptors (Lipinski definition) is 3. The lowest BCUT2D eigenvalue weighted by Crippen LogP contribution is -2.44. The second-order valence-corrected chi connectivity index (χ2v) is 5.54. The number of likely N-dealkylation sites (N-methyl/N-ethyl adjacent to an activating group) is 1. The van der Waals surface area contributed by atoms with E-state index in [0.717, 1.165) is 11.3 Å². The van der Waals surface area contributed by atoms with Crippen molar-refractivity contribution in [3.63, 3.8) is 0 Å². The molecule has 128 valence electrons. The molecule has 0 spiro atoms. The Kier molecular flexibility index (Phi) is 6.21. The SMILES string of the molecule is CCN(C(=O)Nc1ccc(OC)cc1)[C@H](C)[C@@H](O)c1ccccc1. The smallest absolute Gasteiger partial charge is 0.322 e. The summed E-state index contributed by atoms with van der Waals surface area (Å²) in [5.74, 6) is 0.730. The molecule has 2 N–H and O–H groups in total. The van der Waals surface area contributed by atoms with Gasteiger partial charge in [0.25, 0.3) is 0 Å². The van der Waals surface area contributed by atoms with Crippen LogP contribution in [0.4, 0.5) is 10.5 Å². The van der Waals surface area contributed by atoms with Crippen molar-refractivity contribution in [1.82, 2.24) is 4.90 Å². The number of nitrogens with one attached hydrogen (secondary N) is 1. The third kappa shape index (κ3) is 4.26. The van der Waals surface area contributed by atoms with Gasteiger partial charge in [-0.25, -0.2) is 4.79 Å². The second-order valence-electron chi connectivity index (χ2n) is 5.54. The van der Waals surface area contributed by atoms with Gasteiger partial charge in [-0.3, -0.25) is 0 Å². The number of ether oxygens (including phenoxy) is 1. The standard InChI is InChI=1S/C19H24N2O3/c1-4-21(14(2)18(22)15-8-6-5-7-9-15)19(23)20-16-10-12-17(24-3)13-11-16/h5-14,18,22H,4H2,1-3H3,(H,20,23)/t14-,18-/m1/s1. The lowest BCUT2D eigenvalue weighted by Gasteiger charge is -2.31. The molecular weight excluding hydrogens is 304 g/mol. The number of hydrogen-bond donors (Lipinski definition) is 2. The van der Waals surface area contributed by atoms with Crippen LogP contribution < -0.4 is 10.1 Å². The van der Waals surface area contributed by atoms with E-state index in [1.807, 2.05) is 44.2 Å². The molecule has 5 nitrogen and oxygen atoms in total. The maximum Gasteiger partial charge on any atom is 0.322 e. The van der Waals surface area contributed by atoms with E-state index in [2.05, 4.69) is 5.32 Å². The van der Waals surface area contributed by atoms with E-state index in [4.69, 9.17) is 4.74 Å². The third-order valence-electron chi connectivity index (χ3n) is 4.03. The maximum absolute atomic E-state index is 12.5. The van der Waals surface area contributed by atoms with Crippen LogP contribution in [-0.4, -0.2) is 35.7 Å². The summed E-state index contributed by atoms with van der Waals surface area (Å²) in [4.78, 5) is 14.2. The number of carbonyl (C=O) groups is 1. The van der Waals surface area contributed by atoms with Gasteiger partial charge in [-0.2, -0.15) is 0 Å². The van der Waals surface area contributed by atoms with Gasteiger partial charge in [0.2, 0.25) is 0 Å². The highest BCUT2D eigenvalue weighted by Gasteiger charge is 2.25. The normalized spacial score (nSPS) is 13.0. The van der Waals surface area contributed by atoms with Gasteiger partial charge < -0.3 is 20.1 Å². The van der Waals surface area contributed by atoms with E-state index in [0.29, 0.717) is 12.2 Å². The lowest BCUT2D eigenvalue weighted by atomic mass is 10.0. The first-order valence-electron chi connectivity index (χ1n) is 8.01. The summed E-state index contributed by atoms with van der Waals surface area (Å²) in [5, 5.41) is 13.4. The molecule has 0 bridgehead atoms. The minimum atomic E-state index is -0.743. The number of carbonyl (C=O) groups excluding carboxylic acids is 1. The Hall–Kier alpha value is -2.53. The number of urea groups is 1. The molecule has 0 fully saturated rings. The quantitative estimate of drug-likeness (QED) is 0.850. The average molecular weight is 328 g/mol. The monoisotopic (exact) mass is 328 g/mol. The molecule has 2 rings (SSSR count). The Balaban J connectivity index is 2.06. The predicted octanol–water partition coefficient (Wildman–Crippen LogP) is 3.67. The van der Waals surface area contributed by atoms with Crippen LogP contribution in [0.1, 0.15) is 25.5 Å². The summed E-state index contributed by atoms with van der Waals surface area (Å²) in [6.07, 6.45) is -0.743. The number of benzene rings is 2. The first-order chi connectivity index (χ1) is 11.6. The number of anilines is 1. The van der Waals surface area contributed by atoms with Gasteiger partial charge in [0.1, 0.15) is 5.75 Å². The summed E-state index contributed by atoms with van der Waals surface area (Å²) >= 11 is 0. The van der Waals surface area contributed by atoms with Crippen LogP contribution >= 0.6 is 0 Å². The number of nitrogens with zero attached hydrogens (tertiary/aromatic N) is 1. The largest absolute Gasteiger partial charge is 0.497 e. The van der Waals surface area contributed by atoms with Crippen LogP contribution in [0.15, 0.2) is 54.6 Å². The summed E-state index contributed by atoms with van der Waals surface area (Å²) in [5.41, 5.74) is 1.47. The molecular formula is C19H24N2O3. The molecule has 0 aliphatic heterocycles. The number of aliphatic hydroxyl groups is 1. The van der Waals surface area contributed by atoms with Gasteiger partial charge in [0.05, 0.1) is 19.3 Å². The lowest BCUT2D eigenvalue weighted by molar-refractivity contribution is 0.0804. The number of amides is 2. The van der Waals surface area contributed by atoms with Crippen molar-refractivity contribution in [2.75, 3.05) is 19.0 Å². The summed E-state index contributed by atoms with van der Waals surface area (Å²) in [6.45, 7) is 4.23. The predicted molar refractivity (Wildman–Crippen MR) is 95.3 cm³/mol. The van der Waals surface area contributed by atoms with Crippen molar-refractivity contribution in [2.24, 2.45) is 0 Å². The molecule has 5 heteroatoms. The fraction of sp³-hybridized carbons (Fsp3) is 0.316. The summed E-state index contributed by atoms with van der Waals surface area (Å²) < 4.78 is 5.11. The van der Waals surface area contributed by atoms with Crippen molar-refractivity contribution in [1.29, 1.82) is 0 Å². The Morgan fingerprint density at radius 2 is 1.79 bits per heavy atom. The minimum absolute atomic E-state index is 0.245. The number of methoxy groups -OCH3 is 1. The van der Waals surface area contributed by atoms with Gasteiger partial charge in [0, 0.05) is 12.2 Å². The molecule has 0 aliphatic rings. The molecule has 0 saturated carbocycles. The highest BCUT2D eigenvalue weighted by Crippen LogP contribution is 2.22. The van der Waals surface area contributed by atoms with Crippen LogP contribution in [-0.2, 0) is 0 Å². The van der Waals surface area contributed by atoms with Crippen molar-refractivity contribution in [3.8, 4) is 5.75 Å². The fourth-order valence-corrected chi connectivity index (χ4v) is 2.59. The first-order valence-corrected chi connectivity index (χ1v) is 8.01.